The molecule has 13 heavy (non-hydrogen) atoms. The summed E-state index contributed by atoms with van der Waals surface area (Å²) in [5.41, 5.74) is -1.50. The Bertz CT molecular complexity index is 290. The molecule has 0 saturated carbocycles. The quantitative estimate of drug-likeness (QED) is 0.492. The average molecular weight is 208 g/mol. The lowest BCUT2D eigenvalue weighted by Crippen LogP contribution is -2.43. The number of aliphatic hydroxyl groups is 2. The number of hydrogen-bond acceptors (Lipinski definition) is 5. The maximum atomic E-state index is 10.9. The first kappa shape index (κ1) is 12.3. The molecular weight excluding hydrogens is 196 g/mol. The van der Waals surface area contributed by atoms with Crippen LogP contribution in [-0.2, 0) is 10.0 Å². The van der Waals surface area contributed by atoms with E-state index in [-0.39, 0.29) is 6.54 Å². The second-order valence-corrected chi connectivity index (χ2v) is 4.70. The third-order valence-electron chi connectivity index (χ3n) is 1.27. The number of nitriles is 1. The largest absolute Gasteiger partial charge is 0.393 e. The highest BCUT2D eigenvalue weighted by atomic mass is 32.2. The van der Waals surface area contributed by atoms with Gasteiger partial charge in [-0.2, -0.15) is 5.26 Å². The van der Waals surface area contributed by atoms with E-state index in [0.717, 1.165) is 0 Å². The van der Waals surface area contributed by atoms with Crippen LogP contribution in [0, 0.1) is 11.3 Å². The zero-order valence-electron chi connectivity index (χ0n) is 7.19. The Kier molecular flexibility index (Phi) is 4.29. The molecule has 0 aromatic heterocycles. The van der Waals surface area contributed by atoms with Crippen molar-refractivity contribution in [1.82, 2.24) is 4.72 Å². The van der Waals surface area contributed by atoms with Gasteiger partial charge in [-0.15, -0.1) is 0 Å². The van der Waals surface area contributed by atoms with Crippen molar-refractivity contribution in [2.45, 2.75) is 12.5 Å². The number of rotatable bonds is 5. The zero-order chi connectivity index (χ0) is 10.5. The third kappa shape index (κ3) is 5.54. The molecule has 0 aliphatic carbocycles. The van der Waals surface area contributed by atoms with Crippen LogP contribution >= 0.6 is 0 Å². The Morgan fingerprint density at radius 3 is 2.54 bits per heavy atom. The molecule has 6 nitrogen and oxygen atoms in total. The summed E-state index contributed by atoms with van der Waals surface area (Å²) in [4.78, 5) is 0. The molecule has 0 amide bonds. The predicted molar refractivity (Wildman–Crippen MR) is 45.1 cm³/mol. The molecule has 0 aromatic carbocycles. The first-order valence-electron chi connectivity index (χ1n) is 3.50. The molecule has 0 fully saturated rings. The van der Waals surface area contributed by atoms with Gasteiger partial charge < -0.3 is 10.2 Å². The Balaban J connectivity index is 4.12. The highest BCUT2D eigenvalue weighted by molar-refractivity contribution is 7.89. The van der Waals surface area contributed by atoms with E-state index in [2.05, 4.69) is 0 Å². The molecular formula is C6H12N2O4S. The highest BCUT2D eigenvalue weighted by Crippen LogP contribution is 1.99. The lowest BCUT2D eigenvalue weighted by molar-refractivity contribution is 0.00683. The van der Waals surface area contributed by atoms with Gasteiger partial charge in [0.2, 0.25) is 10.0 Å². The topological polar surface area (TPSA) is 110 Å². The molecule has 3 N–H and O–H groups in total. The maximum Gasteiger partial charge on any atom is 0.225 e. The average Bonchev–Trinajstić information content (AvgIpc) is 2.02. The normalized spacial score (nSPS) is 16.2. The Labute approximate surface area is 76.9 Å². The van der Waals surface area contributed by atoms with Gasteiger partial charge in [-0.25, -0.2) is 13.1 Å². The van der Waals surface area contributed by atoms with Gasteiger partial charge in [-0.1, -0.05) is 0 Å². The van der Waals surface area contributed by atoms with Gasteiger partial charge in [-0.3, -0.25) is 0 Å². The molecule has 0 spiro atoms. The summed E-state index contributed by atoms with van der Waals surface area (Å²) in [6.45, 7) is 0.414. The van der Waals surface area contributed by atoms with Crippen LogP contribution < -0.4 is 4.72 Å². The minimum absolute atomic E-state index is 0.312. The number of nitrogens with one attached hydrogen (secondary N) is 1. The third-order valence-corrected chi connectivity index (χ3v) is 2.36. The van der Waals surface area contributed by atoms with E-state index in [0.29, 0.717) is 0 Å². The standard InChI is InChI=1S/C6H12N2O4S/c1-6(10,5-9)4-8-13(11,12)3-2-7/h8-10H,3-5H2,1H3. The lowest BCUT2D eigenvalue weighted by atomic mass is 10.1. The van der Waals surface area contributed by atoms with Crippen molar-refractivity contribution in [3.8, 4) is 6.07 Å². The molecule has 0 aromatic rings. The van der Waals surface area contributed by atoms with Crippen molar-refractivity contribution in [1.29, 1.82) is 5.26 Å². The van der Waals surface area contributed by atoms with E-state index in [9.17, 15) is 13.5 Å². The van der Waals surface area contributed by atoms with Crippen LogP contribution in [0.4, 0.5) is 0 Å². The van der Waals surface area contributed by atoms with Crippen LogP contribution in [0.25, 0.3) is 0 Å². The minimum atomic E-state index is -3.66. The highest BCUT2D eigenvalue weighted by Gasteiger charge is 2.21. The van der Waals surface area contributed by atoms with E-state index in [4.69, 9.17) is 10.4 Å². The number of hydrogen-bond donors (Lipinski definition) is 3. The summed E-state index contributed by atoms with van der Waals surface area (Å²) in [6, 6.07) is 1.47. The first-order chi connectivity index (χ1) is 5.83. The fraction of sp³-hybridized carbons (Fsp3) is 0.833. The lowest BCUT2D eigenvalue weighted by Gasteiger charge is -2.19. The molecule has 0 aliphatic rings. The van der Waals surface area contributed by atoms with E-state index < -0.39 is 28.0 Å². The van der Waals surface area contributed by atoms with Crippen molar-refractivity contribution < 1.29 is 18.6 Å². The van der Waals surface area contributed by atoms with Gasteiger partial charge in [0.15, 0.2) is 5.75 Å². The van der Waals surface area contributed by atoms with E-state index >= 15 is 0 Å². The molecule has 76 valence electrons. The molecule has 0 saturated heterocycles. The van der Waals surface area contributed by atoms with Gasteiger partial charge in [0.1, 0.15) is 0 Å². The van der Waals surface area contributed by atoms with Crippen LogP contribution in [0.5, 0.6) is 0 Å². The summed E-state index contributed by atoms with van der Waals surface area (Å²) in [5, 5.41) is 25.9. The number of sulfonamides is 1. The smallest absolute Gasteiger partial charge is 0.225 e. The molecule has 7 heteroatoms. The van der Waals surface area contributed by atoms with Gasteiger partial charge in [0.05, 0.1) is 18.3 Å². The number of aliphatic hydroxyl groups excluding tert-OH is 1. The monoisotopic (exact) mass is 208 g/mol. The van der Waals surface area contributed by atoms with Gasteiger partial charge in [0.25, 0.3) is 0 Å². The van der Waals surface area contributed by atoms with Crippen LogP contribution in [0.15, 0.2) is 0 Å². The van der Waals surface area contributed by atoms with Crippen LogP contribution in [0.2, 0.25) is 0 Å². The Morgan fingerprint density at radius 1 is 1.62 bits per heavy atom. The summed E-state index contributed by atoms with van der Waals surface area (Å²) in [7, 11) is -3.66. The SMILES string of the molecule is CC(O)(CO)CNS(=O)(=O)CC#N. The van der Waals surface area contributed by atoms with Crippen molar-refractivity contribution in [2.24, 2.45) is 0 Å². The number of nitrogens with zero attached hydrogens (tertiary/aromatic N) is 1. The first-order valence-corrected chi connectivity index (χ1v) is 5.16. The predicted octanol–water partition coefficient (Wildman–Crippen LogP) is -1.83. The van der Waals surface area contributed by atoms with Crippen LogP contribution in [0.1, 0.15) is 6.92 Å². The summed E-state index contributed by atoms with van der Waals surface area (Å²) >= 11 is 0. The Morgan fingerprint density at radius 2 is 2.15 bits per heavy atom. The van der Waals surface area contributed by atoms with E-state index in [1.807, 2.05) is 4.72 Å². The molecule has 0 heterocycles. The molecule has 0 aliphatic heterocycles. The van der Waals surface area contributed by atoms with Gasteiger partial charge >= 0.3 is 0 Å². The second-order valence-electron chi connectivity index (χ2n) is 2.89. The molecule has 0 rings (SSSR count). The minimum Gasteiger partial charge on any atom is -0.393 e. The van der Waals surface area contributed by atoms with Crippen molar-refractivity contribution in [3.63, 3.8) is 0 Å². The van der Waals surface area contributed by atoms with E-state index in [1.54, 1.807) is 0 Å². The van der Waals surface area contributed by atoms with Crippen LogP contribution in [-0.4, -0.2) is 43.1 Å². The summed E-state index contributed by atoms with van der Waals surface area (Å²) < 4.78 is 23.7. The molecule has 1 unspecified atom stereocenters. The molecule has 0 bridgehead atoms. The Hall–Kier alpha value is -0.680. The van der Waals surface area contributed by atoms with Crippen molar-refractivity contribution in [3.05, 3.63) is 0 Å². The second kappa shape index (κ2) is 4.53. The summed E-state index contributed by atoms with van der Waals surface area (Å²) in [5.74, 6) is -0.658. The molecule has 1 atom stereocenters. The fourth-order valence-corrected chi connectivity index (χ4v) is 1.26. The summed E-state index contributed by atoms with van der Waals surface area (Å²) in [6.07, 6.45) is 0. The van der Waals surface area contributed by atoms with Crippen molar-refractivity contribution in [2.75, 3.05) is 18.9 Å². The van der Waals surface area contributed by atoms with Crippen molar-refractivity contribution >= 4 is 10.0 Å². The molecule has 0 radical (unpaired) electrons. The fourth-order valence-electron chi connectivity index (χ4n) is 0.457. The van der Waals surface area contributed by atoms with Gasteiger partial charge in [0, 0.05) is 6.54 Å². The maximum absolute atomic E-state index is 10.9. The van der Waals surface area contributed by atoms with E-state index in [1.165, 1.54) is 13.0 Å². The van der Waals surface area contributed by atoms with Gasteiger partial charge in [-0.05, 0) is 6.92 Å². The zero-order valence-corrected chi connectivity index (χ0v) is 8.00. The van der Waals surface area contributed by atoms with Crippen LogP contribution in [0.3, 0.4) is 0 Å².